The molecule has 2 aliphatic heterocycles. The number of aryl methyl sites for hydroxylation is 1. The lowest BCUT2D eigenvalue weighted by Crippen LogP contribution is -2.52. The highest BCUT2D eigenvalue weighted by molar-refractivity contribution is 5.94. The van der Waals surface area contributed by atoms with Gasteiger partial charge in [-0.3, -0.25) is 14.5 Å². The van der Waals surface area contributed by atoms with E-state index in [-0.39, 0.29) is 11.5 Å². The summed E-state index contributed by atoms with van der Waals surface area (Å²) in [4.78, 5) is 29.0. The number of amides is 1. The number of hydrogen-bond acceptors (Lipinski definition) is 3. The van der Waals surface area contributed by atoms with E-state index < -0.39 is 0 Å². The maximum Gasteiger partial charge on any atom is 0.254 e. The molecule has 23 heavy (non-hydrogen) atoms. The van der Waals surface area contributed by atoms with Crippen LogP contribution < -0.4 is 5.56 Å². The third kappa shape index (κ3) is 3.20. The van der Waals surface area contributed by atoms with Crippen molar-refractivity contribution in [3.05, 3.63) is 34.2 Å². The molecule has 2 aliphatic rings. The van der Waals surface area contributed by atoms with E-state index in [0.29, 0.717) is 23.7 Å². The summed E-state index contributed by atoms with van der Waals surface area (Å²) in [6.07, 6.45) is 6.37. The Balaban J connectivity index is 1.74. The highest BCUT2D eigenvalue weighted by atomic mass is 16.2. The molecule has 1 amide bonds. The van der Waals surface area contributed by atoms with Gasteiger partial charge in [-0.05, 0) is 45.6 Å². The molecule has 2 saturated heterocycles. The molecule has 1 aromatic rings. The van der Waals surface area contributed by atoms with Gasteiger partial charge >= 0.3 is 0 Å². The Morgan fingerprint density at radius 1 is 1.17 bits per heavy atom. The minimum Gasteiger partial charge on any atom is -0.337 e. The fourth-order valence-electron chi connectivity index (χ4n) is 4.18. The van der Waals surface area contributed by atoms with Gasteiger partial charge in [0.15, 0.2) is 0 Å². The third-order valence-electron chi connectivity index (χ3n) is 5.48. The summed E-state index contributed by atoms with van der Waals surface area (Å²) >= 11 is 0. The van der Waals surface area contributed by atoms with E-state index in [1.54, 1.807) is 19.3 Å². The molecule has 2 fully saturated rings. The zero-order valence-electron chi connectivity index (χ0n) is 14.4. The molecule has 0 unspecified atom stereocenters. The van der Waals surface area contributed by atoms with E-state index in [4.69, 9.17) is 0 Å². The van der Waals surface area contributed by atoms with Crippen LogP contribution in [0.2, 0.25) is 0 Å². The van der Waals surface area contributed by atoms with Gasteiger partial charge in [-0.15, -0.1) is 0 Å². The molecule has 1 aromatic heterocycles. The number of carbonyl (C=O) groups is 1. The SMILES string of the molecule is C[C@@H]1CC[C@@H](C)N1[C@@H]1CCCN(C(=O)c2ccn(C)c(=O)c2)C1. The number of nitrogens with zero attached hydrogens (tertiary/aromatic N) is 3. The van der Waals surface area contributed by atoms with Crippen molar-refractivity contribution in [2.75, 3.05) is 13.1 Å². The molecule has 126 valence electrons. The lowest BCUT2D eigenvalue weighted by molar-refractivity contribution is 0.0487. The van der Waals surface area contributed by atoms with Gasteiger partial charge in [0.05, 0.1) is 0 Å². The van der Waals surface area contributed by atoms with Crippen LogP contribution in [-0.4, -0.2) is 51.5 Å². The van der Waals surface area contributed by atoms with Gasteiger partial charge in [0, 0.05) is 56.1 Å². The van der Waals surface area contributed by atoms with Crippen molar-refractivity contribution in [3.63, 3.8) is 0 Å². The predicted octanol–water partition coefficient (Wildman–Crippen LogP) is 1.86. The fourth-order valence-corrected chi connectivity index (χ4v) is 4.18. The molecule has 0 aromatic carbocycles. The van der Waals surface area contributed by atoms with E-state index in [1.165, 1.54) is 23.5 Å². The van der Waals surface area contributed by atoms with E-state index in [2.05, 4.69) is 18.7 Å². The van der Waals surface area contributed by atoms with Crippen molar-refractivity contribution < 1.29 is 4.79 Å². The number of likely N-dealkylation sites (tertiary alicyclic amines) is 2. The van der Waals surface area contributed by atoms with Crippen LogP contribution in [0.5, 0.6) is 0 Å². The molecule has 3 atom stereocenters. The second-order valence-corrected chi connectivity index (χ2v) is 7.13. The quantitative estimate of drug-likeness (QED) is 0.836. The van der Waals surface area contributed by atoms with Crippen LogP contribution in [0.25, 0.3) is 0 Å². The Morgan fingerprint density at radius 3 is 2.52 bits per heavy atom. The zero-order chi connectivity index (χ0) is 16.6. The molecule has 0 aliphatic carbocycles. The average Bonchev–Trinajstić information content (AvgIpc) is 2.88. The van der Waals surface area contributed by atoms with Crippen LogP contribution in [-0.2, 0) is 7.05 Å². The van der Waals surface area contributed by atoms with Gasteiger partial charge in [-0.1, -0.05) is 0 Å². The Kier molecular flexibility index (Phi) is 4.57. The molecule has 3 heterocycles. The second-order valence-electron chi connectivity index (χ2n) is 7.13. The topological polar surface area (TPSA) is 45.5 Å². The van der Waals surface area contributed by atoms with Crippen LogP contribution in [0.1, 0.15) is 49.9 Å². The first-order valence-corrected chi connectivity index (χ1v) is 8.70. The molecule has 0 N–H and O–H groups in total. The maximum atomic E-state index is 12.7. The number of piperidine rings is 1. The van der Waals surface area contributed by atoms with Gasteiger partial charge in [0.2, 0.25) is 0 Å². The number of rotatable bonds is 2. The van der Waals surface area contributed by atoms with Gasteiger partial charge in [0.25, 0.3) is 11.5 Å². The van der Waals surface area contributed by atoms with Crippen molar-refractivity contribution in [2.45, 2.75) is 57.7 Å². The average molecular weight is 317 g/mol. The Bertz CT molecular complexity index is 629. The van der Waals surface area contributed by atoms with Crippen molar-refractivity contribution in [1.29, 1.82) is 0 Å². The van der Waals surface area contributed by atoms with Crippen molar-refractivity contribution in [1.82, 2.24) is 14.4 Å². The van der Waals surface area contributed by atoms with E-state index >= 15 is 0 Å². The molecule has 5 nitrogen and oxygen atoms in total. The third-order valence-corrected chi connectivity index (χ3v) is 5.48. The summed E-state index contributed by atoms with van der Waals surface area (Å²) < 4.78 is 1.49. The molecule has 0 radical (unpaired) electrons. The number of carbonyl (C=O) groups excluding carboxylic acids is 1. The summed E-state index contributed by atoms with van der Waals surface area (Å²) in [5, 5.41) is 0. The fraction of sp³-hybridized carbons (Fsp3) is 0.667. The normalized spacial score (nSPS) is 29.0. The highest BCUT2D eigenvalue weighted by Crippen LogP contribution is 2.30. The number of pyridine rings is 1. The first kappa shape index (κ1) is 16.2. The standard InChI is InChI=1S/C18H27N3O2/c1-13-6-7-14(2)21(13)16-5-4-9-20(12-16)18(23)15-8-10-19(3)17(22)11-15/h8,10-11,13-14,16H,4-7,9,12H2,1-3H3/t13-,14-,16-/m1/s1. The number of hydrogen-bond donors (Lipinski definition) is 0. The molecule has 0 bridgehead atoms. The zero-order valence-corrected chi connectivity index (χ0v) is 14.4. The predicted molar refractivity (Wildman–Crippen MR) is 90.6 cm³/mol. The molecule has 0 spiro atoms. The first-order chi connectivity index (χ1) is 11.0. The molecular formula is C18H27N3O2. The minimum atomic E-state index is -0.133. The van der Waals surface area contributed by atoms with E-state index in [1.807, 2.05) is 4.90 Å². The van der Waals surface area contributed by atoms with Crippen molar-refractivity contribution in [3.8, 4) is 0 Å². The monoisotopic (exact) mass is 317 g/mol. The van der Waals surface area contributed by atoms with Crippen LogP contribution in [0.15, 0.2) is 23.1 Å². The van der Waals surface area contributed by atoms with Crippen LogP contribution in [0.3, 0.4) is 0 Å². The van der Waals surface area contributed by atoms with Gasteiger partial charge < -0.3 is 9.47 Å². The molecular weight excluding hydrogens is 290 g/mol. The summed E-state index contributed by atoms with van der Waals surface area (Å²) in [6, 6.07) is 4.86. The highest BCUT2D eigenvalue weighted by Gasteiger charge is 2.36. The Morgan fingerprint density at radius 2 is 1.87 bits per heavy atom. The summed E-state index contributed by atoms with van der Waals surface area (Å²) in [7, 11) is 1.70. The maximum absolute atomic E-state index is 12.7. The summed E-state index contributed by atoms with van der Waals surface area (Å²) in [5.74, 6) is -0.00750. The number of aromatic nitrogens is 1. The first-order valence-electron chi connectivity index (χ1n) is 8.70. The molecule has 5 heteroatoms. The largest absolute Gasteiger partial charge is 0.337 e. The van der Waals surface area contributed by atoms with E-state index in [9.17, 15) is 9.59 Å². The summed E-state index contributed by atoms with van der Waals surface area (Å²) in [5.41, 5.74) is 0.377. The van der Waals surface area contributed by atoms with Crippen molar-refractivity contribution in [2.24, 2.45) is 7.05 Å². The second kappa shape index (κ2) is 6.48. The smallest absolute Gasteiger partial charge is 0.254 e. The minimum absolute atomic E-state index is 0.00750. The van der Waals surface area contributed by atoms with Crippen LogP contribution >= 0.6 is 0 Å². The Hall–Kier alpha value is -1.62. The lowest BCUT2D eigenvalue weighted by atomic mass is 10.0. The molecule has 0 saturated carbocycles. The molecule has 3 rings (SSSR count). The van der Waals surface area contributed by atoms with Crippen LogP contribution in [0, 0.1) is 0 Å². The van der Waals surface area contributed by atoms with Crippen LogP contribution in [0.4, 0.5) is 0 Å². The summed E-state index contributed by atoms with van der Waals surface area (Å²) in [6.45, 7) is 6.17. The van der Waals surface area contributed by atoms with Crippen molar-refractivity contribution >= 4 is 5.91 Å². The van der Waals surface area contributed by atoms with Gasteiger partial charge in [0.1, 0.15) is 0 Å². The Labute approximate surface area is 137 Å². The van der Waals surface area contributed by atoms with Gasteiger partial charge in [-0.25, -0.2) is 0 Å². The lowest BCUT2D eigenvalue weighted by Gasteiger charge is -2.41. The van der Waals surface area contributed by atoms with E-state index in [0.717, 1.165) is 25.9 Å². The van der Waals surface area contributed by atoms with Gasteiger partial charge in [-0.2, -0.15) is 0 Å².